The van der Waals surface area contributed by atoms with Crippen LogP contribution in [0, 0.1) is 0 Å². The second-order valence-electron chi connectivity index (χ2n) is 5.60. The van der Waals surface area contributed by atoms with Crippen molar-refractivity contribution in [2.24, 2.45) is 0 Å². The minimum atomic E-state index is -3.27. The molecule has 0 heterocycles. The Balaban J connectivity index is 1.96. The third-order valence-electron chi connectivity index (χ3n) is 3.44. The second kappa shape index (κ2) is 8.70. The van der Waals surface area contributed by atoms with Gasteiger partial charge in [0.1, 0.15) is 0 Å². The van der Waals surface area contributed by atoms with E-state index in [-0.39, 0.29) is 5.75 Å². The van der Waals surface area contributed by atoms with Gasteiger partial charge in [-0.3, -0.25) is 4.72 Å². The van der Waals surface area contributed by atoms with Crippen LogP contribution in [-0.4, -0.2) is 21.3 Å². The lowest BCUT2D eigenvalue weighted by Gasteiger charge is -2.11. The average molecular weight is 348 g/mol. The SMILES string of the molecule is CCCS(=O)(=O)Nc1cccc(NCc2ccc(COC)cc2)c1. The van der Waals surface area contributed by atoms with Gasteiger partial charge >= 0.3 is 0 Å². The predicted octanol–water partition coefficient (Wildman–Crippen LogP) is 3.60. The summed E-state index contributed by atoms with van der Waals surface area (Å²) >= 11 is 0. The number of nitrogens with one attached hydrogen (secondary N) is 2. The maximum absolute atomic E-state index is 11.8. The van der Waals surface area contributed by atoms with E-state index >= 15 is 0 Å². The molecule has 0 saturated carbocycles. The molecule has 5 nitrogen and oxygen atoms in total. The summed E-state index contributed by atoms with van der Waals surface area (Å²) in [4.78, 5) is 0. The predicted molar refractivity (Wildman–Crippen MR) is 98.6 cm³/mol. The number of anilines is 2. The second-order valence-corrected chi connectivity index (χ2v) is 7.45. The number of methoxy groups -OCH3 is 1. The number of benzene rings is 2. The van der Waals surface area contributed by atoms with Crippen LogP contribution in [0.3, 0.4) is 0 Å². The van der Waals surface area contributed by atoms with Gasteiger partial charge < -0.3 is 10.1 Å². The van der Waals surface area contributed by atoms with Crippen molar-refractivity contribution in [1.82, 2.24) is 0 Å². The molecule has 0 unspecified atom stereocenters. The Kier molecular flexibility index (Phi) is 6.63. The quantitative estimate of drug-likeness (QED) is 0.727. The first-order valence-electron chi connectivity index (χ1n) is 7.93. The number of ether oxygens (including phenoxy) is 1. The Bertz CT molecular complexity index is 743. The molecule has 0 spiro atoms. The van der Waals surface area contributed by atoms with Crippen molar-refractivity contribution < 1.29 is 13.2 Å². The maximum atomic E-state index is 11.8. The Hall–Kier alpha value is -2.05. The highest BCUT2D eigenvalue weighted by Gasteiger charge is 2.08. The molecule has 130 valence electrons. The zero-order chi connectivity index (χ0) is 17.4. The summed E-state index contributed by atoms with van der Waals surface area (Å²) in [5.41, 5.74) is 3.72. The summed E-state index contributed by atoms with van der Waals surface area (Å²) < 4.78 is 31.4. The van der Waals surface area contributed by atoms with E-state index in [4.69, 9.17) is 4.74 Å². The average Bonchev–Trinajstić information content (AvgIpc) is 2.54. The van der Waals surface area contributed by atoms with E-state index in [0.717, 1.165) is 16.8 Å². The van der Waals surface area contributed by atoms with Gasteiger partial charge in [-0.05, 0) is 35.7 Å². The fraction of sp³-hybridized carbons (Fsp3) is 0.333. The summed E-state index contributed by atoms with van der Waals surface area (Å²) in [5, 5.41) is 3.30. The monoisotopic (exact) mass is 348 g/mol. The lowest BCUT2D eigenvalue weighted by Crippen LogP contribution is -2.16. The van der Waals surface area contributed by atoms with Crippen LogP contribution in [0.4, 0.5) is 11.4 Å². The van der Waals surface area contributed by atoms with Crippen LogP contribution in [0.25, 0.3) is 0 Å². The van der Waals surface area contributed by atoms with Crippen molar-refractivity contribution in [3.05, 3.63) is 59.7 Å². The number of sulfonamides is 1. The molecule has 0 aliphatic carbocycles. The van der Waals surface area contributed by atoms with Crippen molar-refractivity contribution >= 4 is 21.4 Å². The number of hydrogen-bond acceptors (Lipinski definition) is 4. The molecule has 6 heteroatoms. The van der Waals surface area contributed by atoms with Crippen LogP contribution in [0.5, 0.6) is 0 Å². The largest absolute Gasteiger partial charge is 0.381 e. The lowest BCUT2D eigenvalue weighted by atomic mass is 10.1. The van der Waals surface area contributed by atoms with Crippen LogP contribution in [0.1, 0.15) is 24.5 Å². The molecule has 0 atom stereocenters. The molecule has 0 amide bonds. The van der Waals surface area contributed by atoms with Crippen LogP contribution < -0.4 is 10.0 Å². The molecule has 0 radical (unpaired) electrons. The molecule has 0 aromatic heterocycles. The van der Waals surface area contributed by atoms with Gasteiger partial charge in [0.25, 0.3) is 0 Å². The smallest absolute Gasteiger partial charge is 0.232 e. The van der Waals surface area contributed by atoms with Crippen LogP contribution in [-0.2, 0) is 27.9 Å². The van der Waals surface area contributed by atoms with Gasteiger partial charge in [0.05, 0.1) is 18.0 Å². The summed E-state index contributed by atoms with van der Waals surface area (Å²) in [6, 6.07) is 15.5. The normalized spacial score (nSPS) is 11.2. The van der Waals surface area contributed by atoms with Gasteiger partial charge in [-0.1, -0.05) is 37.3 Å². The molecule has 0 aliphatic rings. The minimum Gasteiger partial charge on any atom is -0.381 e. The van der Waals surface area contributed by atoms with Crippen LogP contribution in [0.2, 0.25) is 0 Å². The lowest BCUT2D eigenvalue weighted by molar-refractivity contribution is 0.185. The van der Waals surface area contributed by atoms with E-state index in [0.29, 0.717) is 25.3 Å². The first-order chi connectivity index (χ1) is 11.5. The maximum Gasteiger partial charge on any atom is 0.232 e. The Morgan fingerprint density at radius 2 is 1.67 bits per heavy atom. The van der Waals surface area contributed by atoms with Crippen molar-refractivity contribution in [2.45, 2.75) is 26.5 Å². The van der Waals surface area contributed by atoms with Gasteiger partial charge in [0, 0.05) is 19.3 Å². The molecule has 0 aliphatic heterocycles. The molecule has 0 bridgehead atoms. The first kappa shape index (κ1) is 18.3. The van der Waals surface area contributed by atoms with E-state index in [1.807, 2.05) is 31.2 Å². The fourth-order valence-electron chi connectivity index (χ4n) is 2.32. The first-order valence-corrected chi connectivity index (χ1v) is 9.59. The molecule has 2 rings (SSSR count). The zero-order valence-electron chi connectivity index (χ0n) is 14.1. The van der Waals surface area contributed by atoms with Crippen molar-refractivity contribution in [2.75, 3.05) is 22.9 Å². The minimum absolute atomic E-state index is 0.123. The van der Waals surface area contributed by atoms with Crippen LogP contribution >= 0.6 is 0 Å². The molecule has 2 N–H and O–H groups in total. The van der Waals surface area contributed by atoms with Gasteiger partial charge in [0.15, 0.2) is 0 Å². The van der Waals surface area contributed by atoms with E-state index < -0.39 is 10.0 Å². The Morgan fingerprint density at radius 3 is 2.33 bits per heavy atom. The topological polar surface area (TPSA) is 67.4 Å². The van der Waals surface area contributed by atoms with Gasteiger partial charge in [-0.2, -0.15) is 0 Å². The van der Waals surface area contributed by atoms with Gasteiger partial charge in [0.2, 0.25) is 10.0 Å². The summed E-state index contributed by atoms with van der Waals surface area (Å²) in [7, 11) is -1.59. The standard InChI is InChI=1S/C18H24N2O3S/c1-3-11-24(21,22)20-18-6-4-5-17(12-18)19-13-15-7-9-16(10-8-15)14-23-2/h4-10,12,19-20H,3,11,13-14H2,1-2H3. The molecule has 0 fully saturated rings. The molecule has 0 saturated heterocycles. The van der Waals surface area contributed by atoms with E-state index in [1.54, 1.807) is 19.2 Å². The molecule has 2 aromatic carbocycles. The Labute approximate surface area is 144 Å². The highest BCUT2D eigenvalue weighted by Crippen LogP contribution is 2.17. The number of rotatable bonds is 9. The van der Waals surface area contributed by atoms with E-state index in [9.17, 15) is 8.42 Å². The van der Waals surface area contributed by atoms with Crippen molar-refractivity contribution in [3.8, 4) is 0 Å². The molecular weight excluding hydrogens is 324 g/mol. The third-order valence-corrected chi connectivity index (χ3v) is 4.93. The summed E-state index contributed by atoms with van der Waals surface area (Å²) in [6.45, 7) is 3.11. The van der Waals surface area contributed by atoms with Crippen LogP contribution in [0.15, 0.2) is 48.5 Å². The van der Waals surface area contributed by atoms with E-state index in [1.165, 1.54) is 0 Å². The zero-order valence-corrected chi connectivity index (χ0v) is 14.9. The summed E-state index contributed by atoms with van der Waals surface area (Å²) in [5.74, 6) is 0.123. The molecule has 24 heavy (non-hydrogen) atoms. The van der Waals surface area contributed by atoms with Crippen molar-refractivity contribution in [3.63, 3.8) is 0 Å². The molecule has 2 aromatic rings. The highest BCUT2D eigenvalue weighted by atomic mass is 32.2. The van der Waals surface area contributed by atoms with Crippen molar-refractivity contribution in [1.29, 1.82) is 0 Å². The fourth-order valence-corrected chi connectivity index (χ4v) is 3.44. The van der Waals surface area contributed by atoms with Gasteiger partial charge in [-0.25, -0.2) is 8.42 Å². The highest BCUT2D eigenvalue weighted by molar-refractivity contribution is 7.92. The third kappa shape index (κ3) is 5.86. The van der Waals surface area contributed by atoms with E-state index in [2.05, 4.69) is 22.2 Å². The number of hydrogen-bond donors (Lipinski definition) is 2. The van der Waals surface area contributed by atoms with Gasteiger partial charge in [-0.15, -0.1) is 0 Å². The Morgan fingerprint density at radius 1 is 1.00 bits per heavy atom. The summed E-state index contributed by atoms with van der Waals surface area (Å²) in [6.07, 6.45) is 0.590. The molecular formula is C18H24N2O3S.